The van der Waals surface area contributed by atoms with E-state index in [0.29, 0.717) is 6.54 Å². The Balaban J connectivity index is 0.00000256. The van der Waals surface area contributed by atoms with E-state index >= 15 is 0 Å². The average Bonchev–Trinajstić information content (AvgIpc) is 3.33. The van der Waals surface area contributed by atoms with Gasteiger partial charge < -0.3 is 15.1 Å². The molecule has 4 rings (SSSR count). The van der Waals surface area contributed by atoms with Gasteiger partial charge in [-0.25, -0.2) is 9.98 Å². The fraction of sp³-hybridized carbons (Fsp3) is 0.417. The summed E-state index contributed by atoms with van der Waals surface area (Å²) < 4.78 is 0. The number of rotatable bonds is 5. The molecular formula is C24H32IN5. The SMILES string of the molecule is CCNC(=NCc1ccnc(N2CCCC2)c1)N1CC=C(c2ccccc2)CC1.I. The van der Waals surface area contributed by atoms with E-state index in [-0.39, 0.29) is 24.0 Å². The Kier molecular flexibility index (Phi) is 8.54. The van der Waals surface area contributed by atoms with Crippen molar-refractivity contribution in [2.45, 2.75) is 32.7 Å². The second-order valence-corrected chi connectivity index (χ2v) is 7.68. The Hall–Kier alpha value is -2.09. The number of anilines is 1. The fourth-order valence-electron chi connectivity index (χ4n) is 4.05. The Morgan fingerprint density at radius 2 is 1.90 bits per heavy atom. The molecule has 30 heavy (non-hydrogen) atoms. The van der Waals surface area contributed by atoms with Crippen molar-refractivity contribution >= 4 is 41.3 Å². The number of halogens is 1. The second-order valence-electron chi connectivity index (χ2n) is 7.68. The molecule has 0 bridgehead atoms. The van der Waals surface area contributed by atoms with Crippen LogP contribution in [0.5, 0.6) is 0 Å². The minimum absolute atomic E-state index is 0. The van der Waals surface area contributed by atoms with Gasteiger partial charge in [-0.2, -0.15) is 0 Å². The first-order valence-electron chi connectivity index (χ1n) is 10.8. The molecule has 1 aromatic carbocycles. The normalized spacial score (nSPS) is 16.8. The maximum absolute atomic E-state index is 4.93. The molecule has 160 valence electrons. The molecule has 1 saturated heterocycles. The maximum atomic E-state index is 4.93. The summed E-state index contributed by atoms with van der Waals surface area (Å²) >= 11 is 0. The van der Waals surface area contributed by atoms with Crippen LogP contribution in [0.1, 0.15) is 37.3 Å². The van der Waals surface area contributed by atoms with Gasteiger partial charge in [-0.3, -0.25) is 0 Å². The first-order chi connectivity index (χ1) is 14.3. The molecule has 0 atom stereocenters. The van der Waals surface area contributed by atoms with Crippen LogP contribution >= 0.6 is 24.0 Å². The summed E-state index contributed by atoms with van der Waals surface area (Å²) in [6, 6.07) is 15.0. The van der Waals surface area contributed by atoms with Crippen LogP contribution in [0, 0.1) is 0 Å². The third kappa shape index (κ3) is 5.74. The Morgan fingerprint density at radius 3 is 2.60 bits per heavy atom. The van der Waals surface area contributed by atoms with Crippen molar-refractivity contribution in [3.63, 3.8) is 0 Å². The highest BCUT2D eigenvalue weighted by Gasteiger charge is 2.17. The number of aliphatic imine (C=N–C) groups is 1. The van der Waals surface area contributed by atoms with Crippen LogP contribution < -0.4 is 10.2 Å². The van der Waals surface area contributed by atoms with Gasteiger partial charge in [0.2, 0.25) is 0 Å². The minimum atomic E-state index is 0. The first-order valence-corrected chi connectivity index (χ1v) is 10.8. The van der Waals surface area contributed by atoms with Crippen LogP contribution in [0.15, 0.2) is 59.7 Å². The molecule has 1 aromatic heterocycles. The van der Waals surface area contributed by atoms with Gasteiger partial charge in [-0.05, 0) is 55.0 Å². The molecule has 2 aliphatic rings. The minimum Gasteiger partial charge on any atom is -0.357 e. The zero-order valence-electron chi connectivity index (χ0n) is 17.8. The summed E-state index contributed by atoms with van der Waals surface area (Å²) in [5.41, 5.74) is 3.98. The van der Waals surface area contributed by atoms with Gasteiger partial charge in [0.15, 0.2) is 5.96 Å². The predicted octanol–water partition coefficient (Wildman–Crippen LogP) is 4.55. The molecule has 1 fully saturated rings. The Labute approximate surface area is 197 Å². The van der Waals surface area contributed by atoms with Crippen LogP contribution in [0.3, 0.4) is 0 Å². The summed E-state index contributed by atoms with van der Waals surface area (Å²) in [5, 5.41) is 3.47. The second kappa shape index (κ2) is 11.3. The lowest BCUT2D eigenvalue weighted by molar-refractivity contribution is 0.440. The highest BCUT2D eigenvalue weighted by Crippen LogP contribution is 2.22. The standard InChI is InChI=1S/C24H31N5.HI/c1-2-25-24(29-16-11-22(12-17-29)21-8-4-3-5-9-21)27-19-20-10-13-26-23(18-20)28-14-6-7-15-28;/h3-5,8-11,13,18H,2,6-7,12,14-17,19H2,1H3,(H,25,27);1H. The number of pyridine rings is 1. The number of benzene rings is 1. The molecule has 2 aromatic rings. The third-order valence-electron chi connectivity index (χ3n) is 5.64. The number of nitrogens with zero attached hydrogens (tertiary/aromatic N) is 4. The molecule has 3 heterocycles. The van der Waals surface area contributed by atoms with Crippen LogP contribution in [0.4, 0.5) is 5.82 Å². The molecule has 5 nitrogen and oxygen atoms in total. The van der Waals surface area contributed by atoms with Gasteiger partial charge in [0.25, 0.3) is 0 Å². The van der Waals surface area contributed by atoms with Gasteiger partial charge in [0.05, 0.1) is 6.54 Å². The number of nitrogens with one attached hydrogen (secondary N) is 1. The molecule has 0 radical (unpaired) electrons. The van der Waals surface area contributed by atoms with E-state index in [0.717, 1.165) is 50.9 Å². The van der Waals surface area contributed by atoms with E-state index in [1.165, 1.54) is 29.5 Å². The van der Waals surface area contributed by atoms with Crippen molar-refractivity contribution in [3.05, 3.63) is 65.9 Å². The zero-order chi connectivity index (χ0) is 19.9. The van der Waals surface area contributed by atoms with Gasteiger partial charge in [-0.15, -0.1) is 24.0 Å². The summed E-state index contributed by atoms with van der Waals surface area (Å²) in [6.45, 7) is 7.80. The largest absolute Gasteiger partial charge is 0.357 e. The van der Waals surface area contributed by atoms with Gasteiger partial charge >= 0.3 is 0 Å². The zero-order valence-corrected chi connectivity index (χ0v) is 20.1. The van der Waals surface area contributed by atoms with Gasteiger partial charge in [0.1, 0.15) is 5.82 Å². The van der Waals surface area contributed by atoms with Crippen LogP contribution in [0.2, 0.25) is 0 Å². The van der Waals surface area contributed by atoms with E-state index in [1.54, 1.807) is 0 Å². The number of hydrogen-bond acceptors (Lipinski definition) is 3. The molecule has 1 N–H and O–H groups in total. The smallest absolute Gasteiger partial charge is 0.194 e. The molecule has 0 spiro atoms. The van der Waals surface area contributed by atoms with Crippen LogP contribution in [0.25, 0.3) is 5.57 Å². The van der Waals surface area contributed by atoms with Crippen molar-refractivity contribution in [3.8, 4) is 0 Å². The predicted molar refractivity (Wildman–Crippen MR) is 137 cm³/mol. The van der Waals surface area contributed by atoms with Crippen molar-refractivity contribution in [2.75, 3.05) is 37.6 Å². The monoisotopic (exact) mass is 517 g/mol. The van der Waals surface area contributed by atoms with Crippen molar-refractivity contribution in [1.29, 1.82) is 0 Å². The highest BCUT2D eigenvalue weighted by atomic mass is 127. The first kappa shape index (κ1) is 22.6. The van der Waals surface area contributed by atoms with Crippen molar-refractivity contribution < 1.29 is 0 Å². The summed E-state index contributed by atoms with van der Waals surface area (Å²) in [7, 11) is 0. The number of aromatic nitrogens is 1. The fourth-order valence-corrected chi connectivity index (χ4v) is 4.05. The lowest BCUT2D eigenvalue weighted by Gasteiger charge is -2.30. The average molecular weight is 517 g/mol. The van der Waals surface area contributed by atoms with E-state index in [2.05, 4.69) is 75.6 Å². The van der Waals surface area contributed by atoms with Gasteiger partial charge in [-0.1, -0.05) is 36.4 Å². The molecule has 0 aliphatic carbocycles. The molecule has 0 unspecified atom stereocenters. The van der Waals surface area contributed by atoms with E-state index in [9.17, 15) is 0 Å². The van der Waals surface area contributed by atoms with E-state index in [1.807, 2.05) is 6.20 Å². The third-order valence-corrected chi connectivity index (χ3v) is 5.64. The Bertz CT molecular complexity index is 859. The summed E-state index contributed by atoms with van der Waals surface area (Å²) in [4.78, 5) is 14.2. The molecule has 6 heteroatoms. The van der Waals surface area contributed by atoms with Gasteiger partial charge in [0, 0.05) is 38.9 Å². The summed E-state index contributed by atoms with van der Waals surface area (Å²) in [5.74, 6) is 2.09. The van der Waals surface area contributed by atoms with E-state index in [4.69, 9.17) is 4.99 Å². The summed E-state index contributed by atoms with van der Waals surface area (Å²) in [6.07, 6.45) is 7.83. The molecule has 2 aliphatic heterocycles. The van der Waals surface area contributed by atoms with Crippen molar-refractivity contribution in [2.24, 2.45) is 4.99 Å². The lowest BCUT2D eigenvalue weighted by Crippen LogP contribution is -2.43. The highest BCUT2D eigenvalue weighted by molar-refractivity contribution is 14.0. The molecule has 0 saturated carbocycles. The number of guanidine groups is 1. The van der Waals surface area contributed by atoms with E-state index < -0.39 is 0 Å². The number of hydrogen-bond donors (Lipinski definition) is 1. The maximum Gasteiger partial charge on any atom is 0.194 e. The lowest BCUT2D eigenvalue weighted by atomic mass is 10.00. The molecular weight excluding hydrogens is 485 g/mol. The van der Waals surface area contributed by atoms with Crippen molar-refractivity contribution in [1.82, 2.24) is 15.2 Å². The van der Waals surface area contributed by atoms with Crippen LogP contribution in [-0.2, 0) is 6.54 Å². The van der Waals surface area contributed by atoms with Crippen LogP contribution in [-0.4, -0.2) is 48.6 Å². The quantitative estimate of drug-likeness (QED) is 0.359. The topological polar surface area (TPSA) is 43.8 Å². The molecule has 0 amide bonds. The Morgan fingerprint density at radius 1 is 1.10 bits per heavy atom.